The van der Waals surface area contributed by atoms with Crippen molar-refractivity contribution in [2.24, 2.45) is 0 Å². The highest BCUT2D eigenvalue weighted by atomic mass is 16.5. The maximum atomic E-state index is 12.0. The molecule has 1 fully saturated rings. The summed E-state index contributed by atoms with van der Waals surface area (Å²) < 4.78 is 5.08. The van der Waals surface area contributed by atoms with Crippen LogP contribution < -0.4 is 9.64 Å². The van der Waals surface area contributed by atoms with E-state index in [1.807, 2.05) is 0 Å². The fraction of sp³-hybridized carbons (Fsp3) is 0.333. The lowest BCUT2D eigenvalue weighted by molar-refractivity contribution is -0.140. The summed E-state index contributed by atoms with van der Waals surface area (Å²) in [6, 6.07) is 5.84. The Morgan fingerprint density at radius 2 is 2.22 bits per heavy atom. The van der Waals surface area contributed by atoms with Gasteiger partial charge >= 0.3 is 12.0 Å². The predicted molar refractivity (Wildman–Crippen MR) is 64.9 cm³/mol. The van der Waals surface area contributed by atoms with Crippen molar-refractivity contribution in [2.45, 2.75) is 6.04 Å². The molecule has 1 heterocycles. The average molecular weight is 250 g/mol. The van der Waals surface area contributed by atoms with E-state index in [0.29, 0.717) is 11.4 Å². The number of rotatable bonds is 3. The first-order chi connectivity index (χ1) is 8.54. The second kappa shape index (κ2) is 4.56. The summed E-state index contributed by atoms with van der Waals surface area (Å²) in [7, 11) is 3.03. The fourth-order valence-electron chi connectivity index (χ4n) is 1.94. The monoisotopic (exact) mass is 250 g/mol. The Hall–Kier alpha value is -2.24. The molecule has 2 amide bonds. The van der Waals surface area contributed by atoms with Crippen LogP contribution in [-0.4, -0.2) is 48.8 Å². The third-order valence-corrected chi connectivity index (χ3v) is 3.01. The Labute approximate surface area is 104 Å². The second-order valence-electron chi connectivity index (χ2n) is 4.06. The van der Waals surface area contributed by atoms with Crippen molar-refractivity contribution >= 4 is 17.7 Å². The molecule has 18 heavy (non-hydrogen) atoms. The summed E-state index contributed by atoms with van der Waals surface area (Å²) >= 11 is 0. The van der Waals surface area contributed by atoms with Gasteiger partial charge in [-0.05, 0) is 12.1 Å². The maximum absolute atomic E-state index is 12.0. The van der Waals surface area contributed by atoms with Crippen molar-refractivity contribution < 1.29 is 19.4 Å². The molecule has 0 saturated carbocycles. The lowest BCUT2D eigenvalue weighted by atomic mass is 10.2. The Bertz CT molecular complexity index is 489. The number of methoxy groups -OCH3 is 1. The Kier molecular flexibility index (Phi) is 3.10. The number of nitrogens with zero attached hydrogens (tertiary/aromatic N) is 2. The molecule has 1 atom stereocenters. The minimum Gasteiger partial charge on any atom is -0.497 e. The molecule has 1 saturated heterocycles. The van der Waals surface area contributed by atoms with Crippen LogP contribution in [0.15, 0.2) is 24.3 Å². The van der Waals surface area contributed by atoms with Crippen LogP contribution >= 0.6 is 0 Å². The molecule has 1 aliphatic heterocycles. The third-order valence-electron chi connectivity index (χ3n) is 3.01. The number of carbonyl (C=O) groups excluding carboxylic acids is 1. The van der Waals surface area contributed by atoms with Crippen LogP contribution in [0, 0.1) is 0 Å². The van der Waals surface area contributed by atoms with E-state index in [1.54, 1.807) is 24.3 Å². The molecule has 96 valence electrons. The number of aliphatic carboxylic acids is 1. The first-order valence-corrected chi connectivity index (χ1v) is 5.45. The second-order valence-corrected chi connectivity index (χ2v) is 4.06. The molecule has 0 radical (unpaired) electrons. The number of carboxylic acids is 1. The number of ether oxygens (including phenoxy) is 1. The molecule has 6 heteroatoms. The van der Waals surface area contributed by atoms with Crippen molar-refractivity contribution in [3.05, 3.63) is 24.3 Å². The molecule has 2 rings (SSSR count). The van der Waals surface area contributed by atoms with E-state index in [9.17, 15) is 9.59 Å². The molecular formula is C12H14N2O4. The third kappa shape index (κ3) is 1.97. The standard InChI is InChI=1S/C12H14N2O4/c1-13-10(11(15)16)7-14(12(13)17)8-4-3-5-9(6-8)18-2/h3-6,10H,7H2,1-2H3,(H,15,16). The van der Waals surface area contributed by atoms with Crippen molar-refractivity contribution in [2.75, 3.05) is 25.6 Å². The van der Waals surface area contributed by atoms with Crippen LogP contribution in [0.25, 0.3) is 0 Å². The van der Waals surface area contributed by atoms with E-state index in [0.717, 1.165) is 0 Å². The van der Waals surface area contributed by atoms with Gasteiger partial charge < -0.3 is 14.7 Å². The van der Waals surface area contributed by atoms with Crippen LogP contribution in [0.2, 0.25) is 0 Å². The number of hydrogen-bond donors (Lipinski definition) is 1. The highest BCUT2D eigenvalue weighted by Gasteiger charge is 2.39. The lowest BCUT2D eigenvalue weighted by Gasteiger charge is -2.16. The predicted octanol–water partition coefficient (Wildman–Crippen LogP) is 1.02. The SMILES string of the molecule is COc1cccc(N2CC(C(=O)O)N(C)C2=O)c1. The lowest BCUT2D eigenvalue weighted by Crippen LogP contribution is -2.36. The minimum atomic E-state index is -1.00. The summed E-state index contributed by atoms with van der Waals surface area (Å²) in [4.78, 5) is 25.6. The Balaban J connectivity index is 2.29. The van der Waals surface area contributed by atoms with Gasteiger partial charge in [-0.2, -0.15) is 0 Å². The van der Waals surface area contributed by atoms with E-state index < -0.39 is 12.0 Å². The maximum Gasteiger partial charge on any atom is 0.328 e. The van der Waals surface area contributed by atoms with E-state index in [2.05, 4.69) is 0 Å². The molecule has 1 aliphatic rings. The van der Waals surface area contributed by atoms with Gasteiger partial charge in [0.05, 0.1) is 13.7 Å². The van der Waals surface area contributed by atoms with Gasteiger partial charge in [0.2, 0.25) is 0 Å². The molecule has 1 aromatic rings. The van der Waals surface area contributed by atoms with Gasteiger partial charge in [-0.1, -0.05) is 6.07 Å². The molecular weight excluding hydrogens is 236 g/mol. The molecule has 0 bridgehead atoms. The molecule has 1 N–H and O–H groups in total. The largest absolute Gasteiger partial charge is 0.497 e. The van der Waals surface area contributed by atoms with E-state index in [-0.39, 0.29) is 12.6 Å². The smallest absolute Gasteiger partial charge is 0.328 e. The highest BCUT2D eigenvalue weighted by Crippen LogP contribution is 2.26. The van der Waals surface area contributed by atoms with Gasteiger partial charge in [-0.25, -0.2) is 9.59 Å². The van der Waals surface area contributed by atoms with Gasteiger partial charge in [-0.3, -0.25) is 4.90 Å². The molecule has 0 aromatic heterocycles. The average Bonchev–Trinajstić information content (AvgIpc) is 2.67. The van der Waals surface area contributed by atoms with Crippen LogP contribution in [-0.2, 0) is 4.79 Å². The van der Waals surface area contributed by atoms with E-state index in [4.69, 9.17) is 9.84 Å². The summed E-state index contributed by atoms with van der Waals surface area (Å²) in [5.74, 6) is -0.377. The van der Waals surface area contributed by atoms with Gasteiger partial charge in [0.15, 0.2) is 0 Å². The molecule has 6 nitrogen and oxygen atoms in total. The number of urea groups is 1. The highest BCUT2D eigenvalue weighted by molar-refractivity contribution is 5.98. The van der Waals surface area contributed by atoms with Gasteiger partial charge in [-0.15, -0.1) is 0 Å². The van der Waals surface area contributed by atoms with Crippen molar-refractivity contribution in [3.8, 4) is 5.75 Å². The number of carboxylic acid groups (broad SMARTS) is 1. The summed E-state index contributed by atoms with van der Waals surface area (Å²) in [5, 5.41) is 9.02. The van der Waals surface area contributed by atoms with Gasteiger partial charge in [0.25, 0.3) is 0 Å². The number of amides is 2. The van der Waals surface area contributed by atoms with Crippen molar-refractivity contribution in [1.29, 1.82) is 0 Å². The normalized spacial score (nSPS) is 19.2. The summed E-state index contributed by atoms with van der Waals surface area (Å²) in [5.41, 5.74) is 0.634. The topological polar surface area (TPSA) is 70.1 Å². The van der Waals surface area contributed by atoms with Crippen LogP contribution in [0.5, 0.6) is 5.75 Å². The summed E-state index contributed by atoms with van der Waals surface area (Å²) in [6.07, 6.45) is 0. The van der Waals surface area contributed by atoms with Crippen molar-refractivity contribution in [1.82, 2.24) is 4.90 Å². The van der Waals surface area contributed by atoms with Crippen LogP contribution in [0.1, 0.15) is 0 Å². The molecule has 0 spiro atoms. The zero-order chi connectivity index (χ0) is 13.3. The van der Waals surface area contributed by atoms with Crippen molar-refractivity contribution in [3.63, 3.8) is 0 Å². The number of carbonyl (C=O) groups is 2. The first kappa shape index (κ1) is 12.2. The Morgan fingerprint density at radius 3 is 2.78 bits per heavy atom. The number of anilines is 1. The quantitative estimate of drug-likeness (QED) is 0.869. The van der Waals surface area contributed by atoms with E-state index >= 15 is 0 Å². The first-order valence-electron chi connectivity index (χ1n) is 5.45. The van der Waals surface area contributed by atoms with Crippen LogP contribution in [0.3, 0.4) is 0 Å². The summed E-state index contributed by atoms with van der Waals surface area (Å²) in [6.45, 7) is 0.137. The number of likely N-dealkylation sites (N-methyl/N-ethyl adjacent to an activating group) is 1. The molecule has 1 unspecified atom stereocenters. The number of hydrogen-bond acceptors (Lipinski definition) is 3. The van der Waals surface area contributed by atoms with E-state index in [1.165, 1.54) is 24.0 Å². The van der Waals surface area contributed by atoms with Crippen LogP contribution in [0.4, 0.5) is 10.5 Å². The fourth-order valence-corrected chi connectivity index (χ4v) is 1.94. The van der Waals surface area contributed by atoms with Gasteiger partial charge in [0.1, 0.15) is 11.8 Å². The van der Waals surface area contributed by atoms with Gasteiger partial charge in [0, 0.05) is 18.8 Å². The Morgan fingerprint density at radius 1 is 1.50 bits per heavy atom. The zero-order valence-corrected chi connectivity index (χ0v) is 10.2. The molecule has 0 aliphatic carbocycles. The number of benzene rings is 1. The zero-order valence-electron chi connectivity index (χ0n) is 10.2. The molecule has 1 aromatic carbocycles. The minimum absolute atomic E-state index is 0.137.